The van der Waals surface area contributed by atoms with Crippen LogP contribution in [-0.4, -0.2) is 24.3 Å². The van der Waals surface area contributed by atoms with Crippen LogP contribution in [-0.2, 0) is 26.2 Å². The van der Waals surface area contributed by atoms with Crippen molar-refractivity contribution >= 4 is 16.9 Å². The first-order valence-electron chi connectivity index (χ1n) is 12.5. The summed E-state index contributed by atoms with van der Waals surface area (Å²) >= 11 is 0. The highest BCUT2D eigenvalue weighted by Crippen LogP contribution is 2.32. The lowest BCUT2D eigenvalue weighted by Crippen LogP contribution is -2.07. The SMILES string of the molecule is Cc1cc(C(F)(F)F)nn1-c1ccc(CNc2cc3c(ncn3C)c(-c3ccccc3CC(C)C)n2)cc1. The van der Waals surface area contributed by atoms with Crippen molar-refractivity contribution in [2.24, 2.45) is 13.0 Å². The van der Waals surface area contributed by atoms with Gasteiger partial charge in [0.25, 0.3) is 0 Å². The molecule has 0 amide bonds. The molecule has 0 fully saturated rings. The number of pyridine rings is 1. The van der Waals surface area contributed by atoms with E-state index in [0.717, 1.165) is 46.2 Å². The normalized spacial score (nSPS) is 12.0. The minimum atomic E-state index is -4.48. The van der Waals surface area contributed by atoms with E-state index in [9.17, 15) is 13.2 Å². The van der Waals surface area contributed by atoms with Gasteiger partial charge in [-0.2, -0.15) is 18.3 Å². The van der Waals surface area contributed by atoms with Crippen LogP contribution in [0.1, 0.15) is 36.4 Å². The summed E-state index contributed by atoms with van der Waals surface area (Å²) in [6.07, 6.45) is -1.74. The summed E-state index contributed by atoms with van der Waals surface area (Å²) in [4.78, 5) is 9.59. The molecule has 0 radical (unpaired) electrons. The maximum atomic E-state index is 13.0. The molecular formula is C29H29F3N6. The van der Waals surface area contributed by atoms with Crippen LogP contribution in [0.4, 0.5) is 19.0 Å². The first kappa shape index (κ1) is 25.5. The van der Waals surface area contributed by atoms with E-state index < -0.39 is 11.9 Å². The molecule has 0 bridgehead atoms. The number of anilines is 1. The minimum Gasteiger partial charge on any atom is -0.366 e. The van der Waals surface area contributed by atoms with Gasteiger partial charge in [-0.1, -0.05) is 50.2 Å². The van der Waals surface area contributed by atoms with E-state index in [1.807, 2.05) is 35.9 Å². The van der Waals surface area contributed by atoms with Gasteiger partial charge in [0.15, 0.2) is 5.69 Å². The second kappa shape index (κ2) is 9.96. The van der Waals surface area contributed by atoms with Crippen molar-refractivity contribution in [3.05, 3.63) is 89.5 Å². The van der Waals surface area contributed by atoms with Crippen LogP contribution in [0.2, 0.25) is 0 Å². The van der Waals surface area contributed by atoms with Crippen molar-refractivity contribution < 1.29 is 13.2 Å². The van der Waals surface area contributed by atoms with Crippen molar-refractivity contribution in [2.45, 2.75) is 39.9 Å². The van der Waals surface area contributed by atoms with E-state index in [1.54, 1.807) is 25.4 Å². The van der Waals surface area contributed by atoms with Gasteiger partial charge in [-0.15, -0.1) is 0 Å². The van der Waals surface area contributed by atoms with Gasteiger partial charge in [0.1, 0.15) is 17.0 Å². The Morgan fingerprint density at radius 2 is 1.74 bits per heavy atom. The lowest BCUT2D eigenvalue weighted by atomic mass is 9.95. The largest absolute Gasteiger partial charge is 0.435 e. The molecule has 9 heteroatoms. The zero-order chi connectivity index (χ0) is 27.0. The fourth-order valence-corrected chi connectivity index (χ4v) is 4.60. The van der Waals surface area contributed by atoms with Crippen LogP contribution in [0.3, 0.4) is 0 Å². The Kier molecular flexibility index (Phi) is 6.69. The van der Waals surface area contributed by atoms with E-state index in [-0.39, 0.29) is 0 Å². The number of rotatable bonds is 7. The first-order valence-corrected chi connectivity index (χ1v) is 12.5. The summed E-state index contributed by atoms with van der Waals surface area (Å²) in [7, 11) is 1.96. The van der Waals surface area contributed by atoms with Crippen LogP contribution in [0.15, 0.2) is 67.0 Å². The summed E-state index contributed by atoms with van der Waals surface area (Å²) in [5.74, 6) is 1.22. The molecule has 0 atom stereocenters. The molecule has 5 rings (SSSR count). The van der Waals surface area contributed by atoms with E-state index in [0.29, 0.717) is 23.8 Å². The summed E-state index contributed by atoms with van der Waals surface area (Å²) in [5.41, 5.74) is 6.02. The molecule has 1 N–H and O–H groups in total. The standard InChI is InChI=1S/C29H29F3N6/c1-18(2)13-21-7-5-6-8-23(21)27-28-24(37(4)17-34-28)15-26(35-27)33-16-20-9-11-22(12-10-20)38-19(3)14-25(36-38)29(30,31)32/h5-12,14-15,17-18H,13,16H2,1-4H3,(H,33,35). The monoisotopic (exact) mass is 518 g/mol. The number of benzene rings is 2. The Morgan fingerprint density at radius 1 is 1.00 bits per heavy atom. The smallest absolute Gasteiger partial charge is 0.366 e. The Balaban J connectivity index is 1.41. The fraction of sp³-hybridized carbons (Fsp3) is 0.276. The number of hydrogen-bond donors (Lipinski definition) is 1. The number of fused-ring (bicyclic) bond motifs is 1. The lowest BCUT2D eigenvalue weighted by Gasteiger charge is -2.14. The molecule has 3 aromatic heterocycles. The minimum absolute atomic E-state index is 0.419. The van der Waals surface area contributed by atoms with E-state index in [2.05, 4.69) is 47.4 Å². The molecule has 0 spiro atoms. The number of aromatic nitrogens is 5. The molecule has 196 valence electrons. The predicted molar refractivity (Wildman–Crippen MR) is 143 cm³/mol. The topological polar surface area (TPSA) is 60.6 Å². The molecule has 2 aromatic carbocycles. The number of aryl methyl sites for hydroxylation is 2. The lowest BCUT2D eigenvalue weighted by molar-refractivity contribution is -0.141. The van der Waals surface area contributed by atoms with Crippen molar-refractivity contribution in [1.29, 1.82) is 0 Å². The van der Waals surface area contributed by atoms with E-state index in [1.165, 1.54) is 10.2 Å². The van der Waals surface area contributed by atoms with Crippen molar-refractivity contribution in [3.63, 3.8) is 0 Å². The van der Waals surface area contributed by atoms with Crippen molar-refractivity contribution in [1.82, 2.24) is 24.3 Å². The highest BCUT2D eigenvalue weighted by atomic mass is 19.4. The third kappa shape index (κ3) is 5.14. The van der Waals surface area contributed by atoms with Crippen LogP contribution in [0.25, 0.3) is 28.0 Å². The third-order valence-corrected chi connectivity index (χ3v) is 6.45. The number of alkyl halides is 3. The van der Waals surface area contributed by atoms with Gasteiger partial charge in [0.05, 0.1) is 17.5 Å². The fourth-order valence-electron chi connectivity index (χ4n) is 4.60. The Labute approximate surface area is 219 Å². The number of hydrogen-bond acceptors (Lipinski definition) is 4. The Bertz CT molecular complexity index is 1580. The van der Waals surface area contributed by atoms with Gasteiger partial charge in [0.2, 0.25) is 0 Å². The summed E-state index contributed by atoms with van der Waals surface area (Å²) in [6, 6.07) is 18.6. The van der Waals surface area contributed by atoms with E-state index in [4.69, 9.17) is 4.98 Å². The average molecular weight is 519 g/mol. The molecule has 0 saturated heterocycles. The number of nitrogens with zero attached hydrogens (tertiary/aromatic N) is 5. The van der Waals surface area contributed by atoms with Crippen LogP contribution in [0, 0.1) is 12.8 Å². The Hall–Kier alpha value is -4.14. The van der Waals surface area contributed by atoms with Crippen LogP contribution in [0.5, 0.6) is 0 Å². The van der Waals surface area contributed by atoms with Gasteiger partial charge >= 0.3 is 6.18 Å². The summed E-state index contributed by atoms with van der Waals surface area (Å²) < 4.78 is 42.4. The van der Waals surface area contributed by atoms with Crippen LogP contribution < -0.4 is 5.32 Å². The Morgan fingerprint density at radius 3 is 2.42 bits per heavy atom. The maximum Gasteiger partial charge on any atom is 0.435 e. The highest BCUT2D eigenvalue weighted by Gasteiger charge is 2.34. The quantitative estimate of drug-likeness (QED) is 0.253. The molecule has 3 heterocycles. The van der Waals surface area contributed by atoms with Gasteiger partial charge in [-0.25, -0.2) is 14.6 Å². The molecule has 5 aromatic rings. The molecule has 0 saturated carbocycles. The molecule has 6 nitrogen and oxygen atoms in total. The zero-order valence-corrected chi connectivity index (χ0v) is 21.7. The predicted octanol–water partition coefficient (Wildman–Crippen LogP) is 6.96. The van der Waals surface area contributed by atoms with Gasteiger partial charge < -0.3 is 9.88 Å². The summed E-state index contributed by atoms with van der Waals surface area (Å²) in [6.45, 7) is 6.50. The molecular weight excluding hydrogens is 489 g/mol. The molecule has 38 heavy (non-hydrogen) atoms. The van der Waals surface area contributed by atoms with E-state index >= 15 is 0 Å². The number of imidazole rings is 1. The molecule has 0 aliphatic carbocycles. The molecule has 0 aliphatic rings. The number of nitrogens with one attached hydrogen (secondary N) is 1. The van der Waals surface area contributed by atoms with Crippen molar-refractivity contribution in [2.75, 3.05) is 5.32 Å². The average Bonchev–Trinajstić information content (AvgIpc) is 3.45. The molecule has 0 aliphatic heterocycles. The van der Waals surface area contributed by atoms with Crippen molar-refractivity contribution in [3.8, 4) is 16.9 Å². The summed E-state index contributed by atoms with van der Waals surface area (Å²) in [5, 5.41) is 7.14. The van der Waals surface area contributed by atoms with Crippen LogP contribution >= 0.6 is 0 Å². The van der Waals surface area contributed by atoms with Gasteiger partial charge in [-0.3, -0.25) is 0 Å². The first-order chi connectivity index (χ1) is 18.1. The second-order valence-corrected chi connectivity index (χ2v) is 9.93. The maximum absolute atomic E-state index is 13.0. The van der Waals surface area contributed by atoms with Gasteiger partial charge in [0, 0.05) is 30.9 Å². The third-order valence-electron chi connectivity index (χ3n) is 6.45. The van der Waals surface area contributed by atoms with Gasteiger partial charge in [-0.05, 0) is 48.6 Å². The highest BCUT2D eigenvalue weighted by molar-refractivity contribution is 5.92. The zero-order valence-electron chi connectivity index (χ0n) is 21.7. The number of halogens is 3. The molecule has 0 unspecified atom stereocenters. The second-order valence-electron chi connectivity index (χ2n) is 9.93.